The Morgan fingerprint density at radius 3 is 3.08 bits per heavy atom. The third-order valence-electron chi connectivity index (χ3n) is 2.05. The highest BCUT2D eigenvalue weighted by atomic mass is 32.1. The predicted molar refractivity (Wildman–Crippen MR) is 59.6 cm³/mol. The molecule has 0 amide bonds. The lowest BCUT2D eigenvalue weighted by atomic mass is 10.1. The monoisotopic (exact) mass is 190 g/mol. The maximum atomic E-state index is 5.37. The van der Waals surface area contributed by atoms with E-state index in [9.17, 15) is 0 Å². The number of allylic oxidation sites excluding steroid dienone is 1. The fourth-order valence-electron chi connectivity index (χ4n) is 1.47. The minimum atomic E-state index is 0.307. The zero-order valence-electron chi connectivity index (χ0n) is 7.08. The molecule has 2 rings (SSSR count). The van der Waals surface area contributed by atoms with Crippen LogP contribution in [0.4, 0.5) is 5.69 Å². The molecule has 0 unspecified atom stereocenters. The van der Waals surface area contributed by atoms with Gasteiger partial charge in [-0.1, -0.05) is 18.2 Å². The van der Waals surface area contributed by atoms with Crippen LogP contribution in [0.1, 0.15) is 11.1 Å². The minimum absolute atomic E-state index is 0.307. The number of thiocarbonyl (C=S) groups is 1. The van der Waals surface area contributed by atoms with E-state index in [-0.39, 0.29) is 0 Å². The lowest BCUT2D eigenvalue weighted by Gasteiger charge is -2.05. The van der Waals surface area contributed by atoms with Crippen molar-refractivity contribution in [2.24, 2.45) is 5.73 Å². The molecular formula is C10H10N2S. The molecule has 3 N–H and O–H groups in total. The van der Waals surface area contributed by atoms with E-state index in [1.54, 1.807) is 0 Å². The van der Waals surface area contributed by atoms with Crippen LogP contribution < -0.4 is 11.1 Å². The molecule has 0 saturated carbocycles. The van der Waals surface area contributed by atoms with Crippen LogP contribution in [0.3, 0.4) is 0 Å². The van der Waals surface area contributed by atoms with E-state index >= 15 is 0 Å². The number of hydrogen-bond acceptors (Lipinski definition) is 1. The largest absolute Gasteiger partial charge is 0.376 e. The Kier molecular flexibility index (Phi) is 2.02. The van der Waals surface area contributed by atoms with Crippen LogP contribution in [0.2, 0.25) is 0 Å². The SMILES string of the molecule is NC(=S)Nc1ccc2c(c1)C=CC2. The van der Waals surface area contributed by atoms with Crippen molar-refractivity contribution in [1.29, 1.82) is 0 Å². The molecule has 13 heavy (non-hydrogen) atoms. The van der Waals surface area contributed by atoms with Gasteiger partial charge in [0.05, 0.1) is 0 Å². The van der Waals surface area contributed by atoms with E-state index in [1.807, 2.05) is 6.07 Å². The van der Waals surface area contributed by atoms with Gasteiger partial charge >= 0.3 is 0 Å². The number of nitrogens with two attached hydrogens (primary N) is 1. The first-order valence-corrected chi connectivity index (χ1v) is 4.52. The first-order valence-electron chi connectivity index (χ1n) is 4.11. The quantitative estimate of drug-likeness (QED) is 0.664. The molecule has 0 atom stereocenters. The van der Waals surface area contributed by atoms with Crippen molar-refractivity contribution >= 4 is 29.1 Å². The second-order valence-electron chi connectivity index (χ2n) is 3.01. The van der Waals surface area contributed by atoms with E-state index in [1.165, 1.54) is 11.1 Å². The van der Waals surface area contributed by atoms with E-state index in [0.29, 0.717) is 5.11 Å². The van der Waals surface area contributed by atoms with Crippen LogP contribution in [0.25, 0.3) is 6.08 Å². The molecule has 0 spiro atoms. The molecule has 0 aromatic heterocycles. The average Bonchev–Trinajstić information content (AvgIpc) is 2.49. The summed E-state index contributed by atoms with van der Waals surface area (Å²) < 4.78 is 0. The lowest BCUT2D eigenvalue weighted by molar-refractivity contribution is 1.31. The van der Waals surface area contributed by atoms with Crippen LogP contribution >= 0.6 is 12.2 Å². The summed E-state index contributed by atoms with van der Waals surface area (Å²) in [5, 5.41) is 3.22. The van der Waals surface area contributed by atoms with Gasteiger partial charge in [0, 0.05) is 5.69 Å². The Morgan fingerprint density at radius 1 is 1.46 bits per heavy atom. The molecule has 1 aliphatic carbocycles. The zero-order chi connectivity index (χ0) is 9.26. The Morgan fingerprint density at radius 2 is 2.31 bits per heavy atom. The summed E-state index contributed by atoms with van der Waals surface area (Å²) in [5.41, 5.74) is 8.93. The van der Waals surface area contributed by atoms with Crippen LogP contribution in [-0.4, -0.2) is 5.11 Å². The Hall–Kier alpha value is -1.35. The Labute approximate surface area is 82.4 Å². The van der Waals surface area contributed by atoms with Gasteiger partial charge in [0.15, 0.2) is 5.11 Å². The molecule has 1 aromatic carbocycles. The van der Waals surface area contributed by atoms with E-state index in [2.05, 4.69) is 29.6 Å². The average molecular weight is 190 g/mol. The molecule has 0 radical (unpaired) electrons. The number of fused-ring (bicyclic) bond motifs is 1. The van der Waals surface area contributed by atoms with Gasteiger partial charge in [-0.05, 0) is 41.9 Å². The summed E-state index contributed by atoms with van der Waals surface area (Å²) in [6, 6.07) is 6.14. The summed E-state index contributed by atoms with van der Waals surface area (Å²) in [6.07, 6.45) is 5.29. The maximum Gasteiger partial charge on any atom is 0.168 e. The number of rotatable bonds is 1. The molecule has 0 heterocycles. The molecule has 0 bridgehead atoms. The molecular weight excluding hydrogens is 180 g/mol. The number of nitrogens with one attached hydrogen (secondary N) is 1. The summed E-state index contributed by atoms with van der Waals surface area (Å²) in [5.74, 6) is 0. The molecule has 1 aliphatic rings. The molecule has 2 nitrogen and oxygen atoms in total. The second-order valence-corrected chi connectivity index (χ2v) is 3.45. The number of benzene rings is 1. The molecule has 0 fully saturated rings. The number of anilines is 1. The van der Waals surface area contributed by atoms with Crippen molar-refractivity contribution in [3.63, 3.8) is 0 Å². The number of hydrogen-bond donors (Lipinski definition) is 2. The van der Waals surface area contributed by atoms with Gasteiger partial charge in [-0.2, -0.15) is 0 Å². The molecule has 0 saturated heterocycles. The fraction of sp³-hybridized carbons (Fsp3) is 0.100. The molecule has 3 heteroatoms. The van der Waals surface area contributed by atoms with Gasteiger partial charge in [-0.25, -0.2) is 0 Å². The van der Waals surface area contributed by atoms with Crippen LogP contribution in [0.15, 0.2) is 24.3 Å². The Bertz CT molecular complexity index is 383. The smallest absolute Gasteiger partial charge is 0.168 e. The summed E-state index contributed by atoms with van der Waals surface area (Å²) in [4.78, 5) is 0. The molecule has 0 aliphatic heterocycles. The molecule has 66 valence electrons. The predicted octanol–water partition coefficient (Wildman–Crippen LogP) is 1.91. The summed E-state index contributed by atoms with van der Waals surface area (Å²) in [6.45, 7) is 0. The van der Waals surface area contributed by atoms with Crippen molar-refractivity contribution in [2.45, 2.75) is 6.42 Å². The Balaban J connectivity index is 2.30. The summed E-state index contributed by atoms with van der Waals surface area (Å²) >= 11 is 4.75. The first kappa shape index (κ1) is 8.26. The highest BCUT2D eigenvalue weighted by Crippen LogP contribution is 2.22. The van der Waals surface area contributed by atoms with Gasteiger partial charge in [0.2, 0.25) is 0 Å². The second kappa shape index (κ2) is 3.18. The maximum absolute atomic E-state index is 5.37. The van der Waals surface area contributed by atoms with E-state index in [4.69, 9.17) is 18.0 Å². The lowest BCUT2D eigenvalue weighted by Crippen LogP contribution is -2.18. The van der Waals surface area contributed by atoms with Crippen molar-refractivity contribution in [3.8, 4) is 0 Å². The van der Waals surface area contributed by atoms with Crippen LogP contribution in [0, 0.1) is 0 Å². The van der Waals surface area contributed by atoms with Crippen molar-refractivity contribution in [3.05, 3.63) is 35.4 Å². The van der Waals surface area contributed by atoms with Gasteiger partial charge in [-0.3, -0.25) is 0 Å². The topological polar surface area (TPSA) is 38.0 Å². The van der Waals surface area contributed by atoms with Crippen molar-refractivity contribution < 1.29 is 0 Å². The van der Waals surface area contributed by atoms with Crippen LogP contribution in [0.5, 0.6) is 0 Å². The van der Waals surface area contributed by atoms with Crippen LogP contribution in [-0.2, 0) is 6.42 Å². The van der Waals surface area contributed by atoms with Gasteiger partial charge < -0.3 is 11.1 Å². The third-order valence-corrected chi connectivity index (χ3v) is 2.15. The van der Waals surface area contributed by atoms with Gasteiger partial charge in [0.25, 0.3) is 0 Å². The molecule has 1 aromatic rings. The minimum Gasteiger partial charge on any atom is -0.376 e. The van der Waals surface area contributed by atoms with Crippen molar-refractivity contribution in [2.75, 3.05) is 5.32 Å². The summed E-state index contributed by atoms with van der Waals surface area (Å²) in [7, 11) is 0. The normalized spacial score (nSPS) is 12.6. The van der Waals surface area contributed by atoms with Crippen molar-refractivity contribution in [1.82, 2.24) is 0 Å². The highest BCUT2D eigenvalue weighted by molar-refractivity contribution is 7.80. The standard InChI is InChI=1S/C10H10N2S/c11-10(13)12-9-5-4-7-2-1-3-8(7)6-9/h1,3-6H,2H2,(H3,11,12,13). The highest BCUT2D eigenvalue weighted by Gasteiger charge is 2.04. The zero-order valence-corrected chi connectivity index (χ0v) is 7.90. The first-order chi connectivity index (χ1) is 6.25. The third kappa shape index (κ3) is 1.70. The van der Waals surface area contributed by atoms with Gasteiger partial charge in [-0.15, -0.1) is 0 Å². The van der Waals surface area contributed by atoms with Gasteiger partial charge in [0.1, 0.15) is 0 Å². The fourth-order valence-corrected chi connectivity index (χ4v) is 1.59. The van der Waals surface area contributed by atoms with E-state index < -0.39 is 0 Å². The van der Waals surface area contributed by atoms with E-state index in [0.717, 1.165) is 12.1 Å².